The van der Waals surface area contributed by atoms with Crippen molar-refractivity contribution in [3.05, 3.63) is 52.5 Å². The maximum Gasteiger partial charge on any atom is 0.255 e. The average molecular weight is 371 g/mol. The highest BCUT2D eigenvalue weighted by atomic mass is 32.1. The Labute approximate surface area is 156 Å². The van der Waals surface area contributed by atoms with Crippen LogP contribution in [-0.2, 0) is 9.53 Å². The largest absolute Gasteiger partial charge is 0.369 e. The van der Waals surface area contributed by atoms with E-state index in [-0.39, 0.29) is 23.9 Å². The number of thiophene rings is 1. The summed E-state index contributed by atoms with van der Waals surface area (Å²) in [6.45, 7) is 1.34. The molecule has 2 fully saturated rings. The molecule has 2 saturated heterocycles. The minimum Gasteiger partial charge on any atom is -0.369 e. The Kier molecular flexibility index (Phi) is 4.74. The Morgan fingerprint density at radius 1 is 1.23 bits per heavy atom. The summed E-state index contributed by atoms with van der Waals surface area (Å²) in [5, 5.41) is 3.80. The van der Waals surface area contributed by atoms with Crippen LogP contribution in [0.25, 0.3) is 0 Å². The number of carbonyl (C=O) groups is 2. The van der Waals surface area contributed by atoms with Gasteiger partial charge in [0.1, 0.15) is 0 Å². The quantitative estimate of drug-likeness (QED) is 0.774. The molecule has 2 aliphatic heterocycles. The zero-order valence-electron chi connectivity index (χ0n) is 14.6. The van der Waals surface area contributed by atoms with Crippen molar-refractivity contribution in [1.29, 1.82) is 0 Å². The van der Waals surface area contributed by atoms with E-state index in [1.807, 2.05) is 38.8 Å². The van der Waals surface area contributed by atoms with Crippen molar-refractivity contribution >= 4 is 23.2 Å². The molecule has 2 aromatic rings. The zero-order chi connectivity index (χ0) is 18.1. The lowest BCUT2D eigenvalue weighted by molar-refractivity contribution is -0.178. The van der Waals surface area contributed by atoms with E-state index < -0.39 is 6.10 Å². The predicted octanol–water partition coefficient (Wildman–Crippen LogP) is 2.35. The third-order valence-corrected chi connectivity index (χ3v) is 5.98. The number of amides is 2. The summed E-state index contributed by atoms with van der Waals surface area (Å²) in [4.78, 5) is 33.0. The smallest absolute Gasteiger partial charge is 0.255 e. The standard InChI is InChI=1S/C19H21N3O3S/c1-25-17-16(13-2-7-20-8-3-13)22(19(17)24)15-4-9-21(10-5-15)18(23)14-6-11-26-12-14/h2-3,6-8,11-12,15-17H,4-5,9-10H2,1H3. The Morgan fingerprint density at radius 2 is 1.96 bits per heavy atom. The lowest BCUT2D eigenvalue weighted by Gasteiger charge is -2.52. The van der Waals surface area contributed by atoms with Gasteiger partial charge in [-0.05, 0) is 42.0 Å². The second kappa shape index (κ2) is 7.17. The van der Waals surface area contributed by atoms with E-state index in [0.29, 0.717) is 13.1 Å². The predicted molar refractivity (Wildman–Crippen MR) is 97.9 cm³/mol. The van der Waals surface area contributed by atoms with Gasteiger partial charge >= 0.3 is 0 Å². The number of hydrogen-bond donors (Lipinski definition) is 0. The van der Waals surface area contributed by atoms with Crippen molar-refractivity contribution in [2.24, 2.45) is 0 Å². The summed E-state index contributed by atoms with van der Waals surface area (Å²) < 4.78 is 5.42. The molecule has 0 bridgehead atoms. The number of likely N-dealkylation sites (tertiary alicyclic amines) is 2. The summed E-state index contributed by atoms with van der Waals surface area (Å²) in [6.07, 6.45) is 4.64. The summed E-state index contributed by atoms with van der Waals surface area (Å²) in [5.41, 5.74) is 1.80. The van der Waals surface area contributed by atoms with Gasteiger partial charge in [0, 0.05) is 44.0 Å². The first-order chi connectivity index (χ1) is 12.7. The van der Waals surface area contributed by atoms with Gasteiger partial charge in [0.15, 0.2) is 6.10 Å². The first kappa shape index (κ1) is 17.2. The van der Waals surface area contributed by atoms with Gasteiger partial charge in [-0.3, -0.25) is 14.6 Å². The minimum atomic E-state index is -0.428. The maximum atomic E-state index is 12.6. The number of ether oxygens (including phenoxy) is 1. The molecule has 4 heterocycles. The van der Waals surface area contributed by atoms with Gasteiger partial charge in [-0.1, -0.05) is 0 Å². The molecule has 2 aromatic heterocycles. The molecule has 0 spiro atoms. The van der Waals surface area contributed by atoms with Crippen LogP contribution < -0.4 is 0 Å². The van der Waals surface area contributed by atoms with Crippen LogP contribution in [0.1, 0.15) is 34.8 Å². The minimum absolute atomic E-state index is 0.0388. The fourth-order valence-electron chi connectivity index (χ4n) is 3.93. The highest BCUT2D eigenvalue weighted by Gasteiger charge is 2.51. The first-order valence-electron chi connectivity index (χ1n) is 8.77. The van der Waals surface area contributed by atoms with Crippen LogP contribution in [0.15, 0.2) is 41.4 Å². The molecule has 2 unspecified atom stereocenters. The number of carbonyl (C=O) groups excluding carboxylic acids is 2. The highest BCUT2D eigenvalue weighted by Crippen LogP contribution is 2.40. The van der Waals surface area contributed by atoms with Crippen molar-refractivity contribution in [1.82, 2.24) is 14.8 Å². The number of nitrogens with zero attached hydrogens (tertiary/aromatic N) is 3. The molecule has 7 heteroatoms. The summed E-state index contributed by atoms with van der Waals surface area (Å²) in [7, 11) is 1.58. The Hall–Kier alpha value is -2.25. The van der Waals surface area contributed by atoms with E-state index in [4.69, 9.17) is 4.74 Å². The van der Waals surface area contributed by atoms with Gasteiger partial charge in [-0.15, -0.1) is 0 Å². The Balaban J connectivity index is 1.45. The van der Waals surface area contributed by atoms with Gasteiger partial charge in [0.2, 0.25) is 0 Å². The van der Waals surface area contributed by atoms with Gasteiger partial charge in [0.25, 0.3) is 11.8 Å². The van der Waals surface area contributed by atoms with Crippen molar-refractivity contribution in [2.45, 2.75) is 31.0 Å². The number of β-lactam (4-membered cyclic amide) rings is 1. The van der Waals surface area contributed by atoms with E-state index in [1.54, 1.807) is 19.5 Å². The number of piperidine rings is 1. The zero-order valence-corrected chi connectivity index (χ0v) is 15.4. The van der Waals surface area contributed by atoms with Gasteiger partial charge in [-0.2, -0.15) is 11.3 Å². The lowest BCUT2D eigenvalue weighted by Crippen LogP contribution is -2.64. The van der Waals surface area contributed by atoms with Crippen LogP contribution in [-0.4, -0.2) is 58.9 Å². The number of rotatable bonds is 4. The van der Waals surface area contributed by atoms with Crippen LogP contribution in [0.3, 0.4) is 0 Å². The second-order valence-electron chi connectivity index (χ2n) is 6.66. The average Bonchev–Trinajstić information content (AvgIpc) is 3.22. The normalized spacial score (nSPS) is 23.8. The molecule has 0 radical (unpaired) electrons. The second-order valence-corrected chi connectivity index (χ2v) is 7.44. The maximum absolute atomic E-state index is 12.6. The molecule has 0 saturated carbocycles. The molecule has 0 N–H and O–H groups in total. The summed E-state index contributed by atoms with van der Waals surface area (Å²) >= 11 is 1.53. The van der Waals surface area contributed by atoms with E-state index in [0.717, 1.165) is 24.0 Å². The molecule has 6 nitrogen and oxygen atoms in total. The number of methoxy groups -OCH3 is 1. The van der Waals surface area contributed by atoms with Crippen LogP contribution >= 0.6 is 11.3 Å². The third kappa shape index (κ3) is 2.91. The Morgan fingerprint density at radius 3 is 2.58 bits per heavy atom. The third-order valence-electron chi connectivity index (χ3n) is 5.30. The summed E-state index contributed by atoms with van der Waals surface area (Å²) in [5.74, 6) is 0.122. The first-order valence-corrected chi connectivity index (χ1v) is 9.71. The van der Waals surface area contributed by atoms with E-state index >= 15 is 0 Å². The molecule has 0 aliphatic carbocycles. The molecule has 2 atom stereocenters. The molecule has 0 aromatic carbocycles. The van der Waals surface area contributed by atoms with Crippen LogP contribution in [0.4, 0.5) is 0 Å². The fraction of sp³-hybridized carbons (Fsp3) is 0.421. The fourth-order valence-corrected chi connectivity index (χ4v) is 4.56. The van der Waals surface area contributed by atoms with Crippen molar-refractivity contribution < 1.29 is 14.3 Å². The summed E-state index contributed by atoms with van der Waals surface area (Å²) in [6, 6.07) is 5.80. The van der Waals surface area contributed by atoms with Gasteiger partial charge in [-0.25, -0.2) is 0 Å². The van der Waals surface area contributed by atoms with Gasteiger partial charge < -0.3 is 14.5 Å². The van der Waals surface area contributed by atoms with Crippen molar-refractivity contribution in [3.8, 4) is 0 Å². The molecular formula is C19H21N3O3S. The number of hydrogen-bond acceptors (Lipinski definition) is 5. The van der Waals surface area contributed by atoms with Crippen LogP contribution in [0.2, 0.25) is 0 Å². The molecule has 26 heavy (non-hydrogen) atoms. The van der Waals surface area contributed by atoms with E-state index in [9.17, 15) is 9.59 Å². The number of aromatic nitrogens is 1. The van der Waals surface area contributed by atoms with Crippen LogP contribution in [0, 0.1) is 0 Å². The molecule has 136 valence electrons. The van der Waals surface area contributed by atoms with E-state index in [1.165, 1.54) is 11.3 Å². The molecule has 4 rings (SSSR count). The van der Waals surface area contributed by atoms with E-state index in [2.05, 4.69) is 4.98 Å². The number of pyridine rings is 1. The molecular weight excluding hydrogens is 350 g/mol. The lowest BCUT2D eigenvalue weighted by atomic mass is 9.86. The Bertz CT molecular complexity index is 773. The highest BCUT2D eigenvalue weighted by molar-refractivity contribution is 7.08. The molecule has 2 amide bonds. The van der Waals surface area contributed by atoms with Crippen molar-refractivity contribution in [3.63, 3.8) is 0 Å². The van der Waals surface area contributed by atoms with Crippen LogP contribution in [0.5, 0.6) is 0 Å². The SMILES string of the molecule is COC1C(=O)N(C2CCN(C(=O)c3ccsc3)CC2)C1c1ccncc1. The monoisotopic (exact) mass is 371 g/mol. The van der Waals surface area contributed by atoms with Crippen molar-refractivity contribution in [2.75, 3.05) is 20.2 Å². The van der Waals surface area contributed by atoms with Gasteiger partial charge in [0.05, 0.1) is 11.6 Å². The topological polar surface area (TPSA) is 62.7 Å². The molecule has 2 aliphatic rings.